The number of aryl methyl sites for hydroxylation is 2. The van der Waals surface area contributed by atoms with E-state index in [1.54, 1.807) is 0 Å². The zero-order valence-electron chi connectivity index (χ0n) is 16.3. The number of aromatic nitrogens is 1. The van der Waals surface area contributed by atoms with E-state index >= 15 is 0 Å². The number of benzene rings is 3. The molecule has 0 aliphatic heterocycles. The van der Waals surface area contributed by atoms with E-state index in [0.717, 1.165) is 37.9 Å². The second-order valence-corrected chi connectivity index (χ2v) is 8.65. The molecule has 2 aromatic heterocycles. The Balaban J connectivity index is 1.40. The van der Waals surface area contributed by atoms with Crippen LogP contribution < -0.4 is 5.32 Å². The third kappa shape index (κ3) is 3.26. The van der Waals surface area contributed by atoms with Crippen molar-refractivity contribution < 1.29 is 9.21 Å². The third-order valence-corrected chi connectivity index (χ3v) is 6.63. The van der Waals surface area contributed by atoms with E-state index in [-0.39, 0.29) is 5.91 Å². The first kappa shape index (κ1) is 18.9. The Morgan fingerprint density at radius 2 is 1.83 bits per heavy atom. The van der Waals surface area contributed by atoms with Crippen LogP contribution in [0.15, 0.2) is 65.1 Å². The monoisotopic (exact) mass is 432 g/mol. The maximum absolute atomic E-state index is 12.7. The van der Waals surface area contributed by atoms with Gasteiger partial charge in [0.05, 0.1) is 5.02 Å². The van der Waals surface area contributed by atoms with E-state index < -0.39 is 0 Å². The van der Waals surface area contributed by atoms with Gasteiger partial charge in [0.1, 0.15) is 10.4 Å². The van der Waals surface area contributed by atoms with Crippen LogP contribution in [0.25, 0.3) is 32.6 Å². The molecule has 0 aliphatic carbocycles. The van der Waals surface area contributed by atoms with Gasteiger partial charge in [0, 0.05) is 21.3 Å². The SMILES string of the molecule is Cc1cc(C)c2oc(-c3ccc(NC(=O)c4sc5ccccc5c4Cl)cc3)nc2c1. The number of nitrogens with one attached hydrogen (secondary N) is 1. The molecule has 0 saturated carbocycles. The number of carbonyl (C=O) groups excluding carboxylic acids is 1. The number of rotatable bonds is 3. The van der Waals surface area contributed by atoms with Gasteiger partial charge in [-0.2, -0.15) is 0 Å². The highest BCUT2D eigenvalue weighted by molar-refractivity contribution is 7.21. The van der Waals surface area contributed by atoms with Gasteiger partial charge in [0.25, 0.3) is 5.91 Å². The summed E-state index contributed by atoms with van der Waals surface area (Å²) in [6, 6.07) is 19.3. The minimum absolute atomic E-state index is 0.220. The molecular formula is C24H17ClN2O2S. The highest BCUT2D eigenvalue weighted by Gasteiger charge is 2.17. The predicted octanol–water partition coefficient (Wildman–Crippen LogP) is 7.23. The Morgan fingerprint density at radius 3 is 2.60 bits per heavy atom. The molecule has 0 atom stereocenters. The Kier molecular flexibility index (Phi) is 4.57. The van der Waals surface area contributed by atoms with Crippen molar-refractivity contribution in [2.75, 3.05) is 5.32 Å². The van der Waals surface area contributed by atoms with Crippen LogP contribution in [-0.2, 0) is 0 Å². The summed E-state index contributed by atoms with van der Waals surface area (Å²) in [7, 11) is 0. The fourth-order valence-corrected chi connectivity index (χ4v) is 4.96. The van der Waals surface area contributed by atoms with Crippen LogP contribution in [-0.4, -0.2) is 10.9 Å². The fraction of sp³-hybridized carbons (Fsp3) is 0.0833. The van der Waals surface area contributed by atoms with E-state index in [2.05, 4.69) is 16.4 Å². The van der Waals surface area contributed by atoms with Gasteiger partial charge in [-0.1, -0.05) is 35.9 Å². The van der Waals surface area contributed by atoms with E-state index in [9.17, 15) is 4.79 Å². The highest BCUT2D eigenvalue weighted by atomic mass is 35.5. The number of thiophene rings is 1. The standard InChI is InChI=1S/C24H17ClN2O2S/c1-13-11-14(2)21-18(12-13)27-24(29-21)15-7-9-16(10-8-15)26-23(28)22-20(25)17-5-3-4-6-19(17)30-22/h3-12H,1-2H3,(H,26,28). The average Bonchev–Trinajstić information content (AvgIpc) is 3.30. The summed E-state index contributed by atoms with van der Waals surface area (Å²) in [5.74, 6) is 0.339. The topological polar surface area (TPSA) is 55.1 Å². The normalized spacial score (nSPS) is 11.3. The van der Waals surface area contributed by atoms with Crippen molar-refractivity contribution in [3.63, 3.8) is 0 Å². The van der Waals surface area contributed by atoms with E-state index in [1.165, 1.54) is 11.3 Å². The molecule has 5 rings (SSSR count). The number of halogens is 1. The maximum Gasteiger partial charge on any atom is 0.267 e. The number of hydrogen-bond donors (Lipinski definition) is 1. The lowest BCUT2D eigenvalue weighted by atomic mass is 10.1. The summed E-state index contributed by atoms with van der Waals surface area (Å²) in [6.07, 6.45) is 0. The van der Waals surface area contributed by atoms with Gasteiger partial charge in [-0.25, -0.2) is 4.98 Å². The van der Waals surface area contributed by atoms with Crippen molar-refractivity contribution >= 4 is 55.7 Å². The Labute approximate surface area is 182 Å². The lowest BCUT2D eigenvalue weighted by molar-refractivity contribution is 0.103. The van der Waals surface area contributed by atoms with Crippen molar-refractivity contribution in [1.82, 2.24) is 4.98 Å². The van der Waals surface area contributed by atoms with Crippen molar-refractivity contribution in [1.29, 1.82) is 0 Å². The summed E-state index contributed by atoms with van der Waals surface area (Å²) < 4.78 is 6.96. The second-order valence-electron chi connectivity index (χ2n) is 7.22. The van der Waals surface area contributed by atoms with Gasteiger partial charge in [0.15, 0.2) is 5.58 Å². The molecule has 0 aliphatic rings. The summed E-state index contributed by atoms with van der Waals surface area (Å²) in [5, 5.41) is 4.30. The predicted molar refractivity (Wildman–Crippen MR) is 124 cm³/mol. The number of fused-ring (bicyclic) bond motifs is 2. The van der Waals surface area contributed by atoms with Crippen molar-refractivity contribution in [3.05, 3.63) is 81.7 Å². The second kappa shape index (κ2) is 7.27. The van der Waals surface area contributed by atoms with Crippen LogP contribution in [0.3, 0.4) is 0 Å². The molecule has 0 fully saturated rings. The quantitative estimate of drug-likeness (QED) is 0.327. The lowest BCUT2D eigenvalue weighted by Gasteiger charge is -2.04. The van der Waals surface area contributed by atoms with Crippen LogP contribution >= 0.6 is 22.9 Å². The minimum atomic E-state index is -0.220. The molecule has 148 valence electrons. The Bertz CT molecular complexity index is 1420. The molecule has 1 amide bonds. The number of carbonyl (C=O) groups is 1. The Morgan fingerprint density at radius 1 is 1.07 bits per heavy atom. The lowest BCUT2D eigenvalue weighted by Crippen LogP contribution is -2.10. The maximum atomic E-state index is 12.7. The van der Waals surface area contributed by atoms with Gasteiger partial charge in [-0.15, -0.1) is 11.3 Å². The number of oxazole rings is 1. The molecular weight excluding hydrogens is 416 g/mol. The molecule has 5 aromatic rings. The molecule has 30 heavy (non-hydrogen) atoms. The van der Waals surface area contributed by atoms with Gasteiger partial charge in [0.2, 0.25) is 5.89 Å². The fourth-order valence-electron chi connectivity index (χ4n) is 3.54. The van der Waals surface area contributed by atoms with Gasteiger partial charge >= 0.3 is 0 Å². The van der Waals surface area contributed by atoms with Gasteiger partial charge in [-0.3, -0.25) is 4.79 Å². The zero-order valence-corrected chi connectivity index (χ0v) is 17.9. The van der Waals surface area contributed by atoms with Crippen molar-refractivity contribution in [2.24, 2.45) is 0 Å². The van der Waals surface area contributed by atoms with Crippen molar-refractivity contribution in [2.45, 2.75) is 13.8 Å². The summed E-state index contributed by atoms with van der Waals surface area (Å²) in [5.41, 5.74) is 5.39. The molecule has 0 spiro atoms. The largest absolute Gasteiger partial charge is 0.436 e. The summed E-state index contributed by atoms with van der Waals surface area (Å²) >= 11 is 7.80. The molecule has 3 aromatic carbocycles. The van der Waals surface area contributed by atoms with Crippen LogP contribution in [0.1, 0.15) is 20.8 Å². The molecule has 4 nitrogen and oxygen atoms in total. The molecule has 0 bridgehead atoms. The van der Waals surface area contributed by atoms with Gasteiger partial charge in [-0.05, 0) is 61.4 Å². The molecule has 0 radical (unpaired) electrons. The van der Waals surface area contributed by atoms with E-state index in [0.29, 0.717) is 21.5 Å². The number of anilines is 1. The number of nitrogens with zero attached hydrogens (tertiary/aromatic N) is 1. The molecule has 0 unspecified atom stereocenters. The first-order valence-electron chi connectivity index (χ1n) is 9.46. The summed E-state index contributed by atoms with van der Waals surface area (Å²) in [6.45, 7) is 4.06. The van der Waals surface area contributed by atoms with Crippen LogP contribution in [0.5, 0.6) is 0 Å². The van der Waals surface area contributed by atoms with Crippen LogP contribution in [0.2, 0.25) is 5.02 Å². The summed E-state index contributed by atoms with van der Waals surface area (Å²) in [4.78, 5) is 17.8. The minimum Gasteiger partial charge on any atom is -0.436 e. The van der Waals surface area contributed by atoms with Gasteiger partial charge < -0.3 is 9.73 Å². The van der Waals surface area contributed by atoms with Crippen LogP contribution in [0.4, 0.5) is 5.69 Å². The number of hydrogen-bond acceptors (Lipinski definition) is 4. The Hall–Kier alpha value is -3.15. The molecule has 6 heteroatoms. The molecule has 2 heterocycles. The third-order valence-electron chi connectivity index (χ3n) is 4.95. The van der Waals surface area contributed by atoms with Crippen LogP contribution in [0, 0.1) is 13.8 Å². The highest BCUT2D eigenvalue weighted by Crippen LogP contribution is 2.35. The van der Waals surface area contributed by atoms with Crippen molar-refractivity contribution in [3.8, 4) is 11.5 Å². The first-order valence-corrected chi connectivity index (χ1v) is 10.7. The first-order chi connectivity index (χ1) is 14.5. The zero-order chi connectivity index (χ0) is 20.8. The molecule has 1 N–H and O–H groups in total. The van der Waals surface area contributed by atoms with E-state index in [1.807, 2.05) is 68.4 Å². The number of amides is 1. The molecule has 0 saturated heterocycles. The smallest absolute Gasteiger partial charge is 0.267 e. The average molecular weight is 433 g/mol. The van der Waals surface area contributed by atoms with E-state index in [4.69, 9.17) is 16.0 Å².